The summed E-state index contributed by atoms with van der Waals surface area (Å²) in [5.41, 5.74) is 0. The largest absolute Gasteiger partial charge is 0.465 e. The molecule has 2 rings (SSSR count). The van der Waals surface area contributed by atoms with Crippen molar-refractivity contribution >= 4 is 27.8 Å². The number of piperidine rings is 1. The highest BCUT2D eigenvalue weighted by molar-refractivity contribution is 8.00. The lowest BCUT2D eigenvalue weighted by Gasteiger charge is -2.25. The Balaban J connectivity index is 2.00. The third-order valence-corrected chi connectivity index (χ3v) is 6.34. The summed E-state index contributed by atoms with van der Waals surface area (Å²) in [7, 11) is -3.39. The van der Waals surface area contributed by atoms with Crippen LogP contribution < -0.4 is 0 Å². The summed E-state index contributed by atoms with van der Waals surface area (Å²) in [6, 6.07) is 6.69. The average Bonchev–Trinajstić information content (AvgIpc) is 2.54. The van der Waals surface area contributed by atoms with Crippen molar-refractivity contribution in [1.82, 2.24) is 4.31 Å². The zero-order chi connectivity index (χ0) is 16.0. The van der Waals surface area contributed by atoms with Gasteiger partial charge in [-0.15, -0.1) is 11.8 Å². The van der Waals surface area contributed by atoms with Crippen LogP contribution in [-0.4, -0.2) is 44.1 Å². The maximum absolute atomic E-state index is 12.5. The first-order chi connectivity index (χ1) is 10.5. The number of rotatable bonds is 6. The molecule has 0 aliphatic carbocycles. The molecular weight excluding hydrogens is 322 g/mol. The molecule has 1 heterocycles. The maximum Gasteiger partial charge on any atom is 0.316 e. The fraction of sp³-hybridized carbons (Fsp3) is 0.533. The van der Waals surface area contributed by atoms with Gasteiger partial charge < -0.3 is 4.74 Å². The summed E-state index contributed by atoms with van der Waals surface area (Å²) in [5, 5.41) is 0. The van der Waals surface area contributed by atoms with E-state index in [1.807, 2.05) is 0 Å². The minimum absolute atomic E-state index is 0.228. The third-order valence-electron chi connectivity index (χ3n) is 3.44. The highest BCUT2D eigenvalue weighted by atomic mass is 32.2. The van der Waals surface area contributed by atoms with E-state index in [1.165, 1.54) is 11.8 Å². The Bertz CT molecular complexity index is 592. The Kier molecular flexibility index (Phi) is 6.28. The molecule has 0 bridgehead atoms. The molecule has 7 heteroatoms. The van der Waals surface area contributed by atoms with Crippen molar-refractivity contribution in [3.8, 4) is 0 Å². The standard InChI is InChI=1S/C15H21NO4S2/c1-2-20-15(17)12-21-13-6-8-14(9-7-13)22(18,19)16-10-4-3-5-11-16/h6-9H,2-5,10-12H2,1H3. The SMILES string of the molecule is CCOC(=O)CSc1ccc(S(=O)(=O)N2CCCCC2)cc1. The van der Waals surface area contributed by atoms with Gasteiger partial charge in [-0.25, -0.2) is 8.42 Å². The van der Waals surface area contributed by atoms with Gasteiger partial charge in [0, 0.05) is 18.0 Å². The second-order valence-corrected chi connectivity index (χ2v) is 8.02. The number of sulfonamides is 1. The molecule has 0 N–H and O–H groups in total. The number of nitrogens with zero attached hydrogens (tertiary/aromatic N) is 1. The molecule has 1 fully saturated rings. The van der Waals surface area contributed by atoms with Gasteiger partial charge in [-0.3, -0.25) is 4.79 Å². The minimum atomic E-state index is -3.39. The first-order valence-electron chi connectivity index (χ1n) is 7.42. The first kappa shape index (κ1) is 17.3. The number of hydrogen-bond donors (Lipinski definition) is 0. The van der Waals surface area contributed by atoms with Gasteiger partial charge in [0.1, 0.15) is 0 Å². The minimum Gasteiger partial charge on any atom is -0.465 e. The molecule has 22 heavy (non-hydrogen) atoms. The van der Waals surface area contributed by atoms with Crippen molar-refractivity contribution in [2.45, 2.75) is 36.0 Å². The van der Waals surface area contributed by atoms with E-state index < -0.39 is 10.0 Å². The van der Waals surface area contributed by atoms with Gasteiger partial charge in [-0.05, 0) is 44.0 Å². The van der Waals surface area contributed by atoms with Gasteiger partial charge in [-0.1, -0.05) is 6.42 Å². The molecule has 1 saturated heterocycles. The number of thioether (sulfide) groups is 1. The van der Waals surface area contributed by atoms with Crippen LogP contribution in [0.25, 0.3) is 0 Å². The van der Waals surface area contributed by atoms with Crippen molar-refractivity contribution in [2.75, 3.05) is 25.4 Å². The fourth-order valence-corrected chi connectivity index (χ4v) is 4.52. The van der Waals surface area contributed by atoms with E-state index in [0.717, 1.165) is 24.2 Å². The number of carbonyl (C=O) groups excluding carboxylic acids is 1. The van der Waals surface area contributed by atoms with E-state index in [9.17, 15) is 13.2 Å². The molecule has 1 aromatic carbocycles. The Morgan fingerprint density at radius 2 is 1.82 bits per heavy atom. The molecule has 5 nitrogen and oxygen atoms in total. The number of ether oxygens (including phenoxy) is 1. The Morgan fingerprint density at radius 1 is 1.18 bits per heavy atom. The summed E-state index contributed by atoms with van der Waals surface area (Å²) in [4.78, 5) is 12.5. The second-order valence-electron chi connectivity index (χ2n) is 5.03. The molecule has 0 spiro atoms. The Labute approximate surface area is 136 Å². The van der Waals surface area contributed by atoms with Gasteiger partial charge in [0.25, 0.3) is 0 Å². The highest BCUT2D eigenvalue weighted by Crippen LogP contribution is 2.24. The molecule has 1 aliphatic rings. The molecule has 0 amide bonds. The molecule has 0 atom stereocenters. The molecule has 0 saturated carbocycles. The van der Waals surface area contributed by atoms with E-state index in [2.05, 4.69) is 0 Å². The van der Waals surface area contributed by atoms with E-state index >= 15 is 0 Å². The lowest BCUT2D eigenvalue weighted by atomic mass is 10.2. The lowest BCUT2D eigenvalue weighted by Crippen LogP contribution is -2.35. The van der Waals surface area contributed by atoms with Gasteiger partial charge in [0.05, 0.1) is 17.3 Å². The van der Waals surface area contributed by atoms with Gasteiger partial charge >= 0.3 is 5.97 Å². The zero-order valence-electron chi connectivity index (χ0n) is 12.7. The zero-order valence-corrected chi connectivity index (χ0v) is 14.3. The van der Waals surface area contributed by atoms with Crippen molar-refractivity contribution in [1.29, 1.82) is 0 Å². The van der Waals surface area contributed by atoms with Crippen molar-refractivity contribution in [2.24, 2.45) is 0 Å². The van der Waals surface area contributed by atoms with Crippen LogP contribution in [0.1, 0.15) is 26.2 Å². The summed E-state index contributed by atoms with van der Waals surface area (Å²) >= 11 is 1.34. The second kappa shape index (κ2) is 7.99. The molecule has 122 valence electrons. The van der Waals surface area contributed by atoms with E-state index in [0.29, 0.717) is 24.6 Å². The van der Waals surface area contributed by atoms with E-state index in [4.69, 9.17) is 4.74 Å². The lowest BCUT2D eigenvalue weighted by molar-refractivity contribution is -0.139. The Morgan fingerprint density at radius 3 is 2.41 bits per heavy atom. The van der Waals surface area contributed by atoms with Crippen LogP contribution in [0.4, 0.5) is 0 Å². The normalized spacial score (nSPS) is 16.4. The summed E-state index contributed by atoms with van der Waals surface area (Å²) in [6.07, 6.45) is 2.94. The fourth-order valence-electron chi connectivity index (χ4n) is 2.31. The van der Waals surface area contributed by atoms with Crippen molar-refractivity contribution in [3.05, 3.63) is 24.3 Å². The maximum atomic E-state index is 12.5. The van der Waals surface area contributed by atoms with Crippen LogP contribution in [0.15, 0.2) is 34.1 Å². The van der Waals surface area contributed by atoms with Crippen LogP contribution >= 0.6 is 11.8 Å². The first-order valence-corrected chi connectivity index (χ1v) is 9.85. The van der Waals surface area contributed by atoms with Gasteiger partial charge in [0.2, 0.25) is 10.0 Å². The van der Waals surface area contributed by atoms with Gasteiger partial charge in [-0.2, -0.15) is 4.31 Å². The predicted molar refractivity (Wildman–Crippen MR) is 86.4 cm³/mol. The van der Waals surface area contributed by atoms with E-state index in [-0.39, 0.29) is 11.7 Å². The molecule has 1 aliphatic heterocycles. The quantitative estimate of drug-likeness (QED) is 0.587. The molecule has 0 radical (unpaired) electrons. The van der Waals surface area contributed by atoms with Crippen LogP contribution in [0.2, 0.25) is 0 Å². The number of benzene rings is 1. The van der Waals surface area contributed by atoms with E-state index in [1.54, 1.807) is 35.5 Å². The monoisotopic (exact) mass is 343 g/mol. The van der Waals surface area contributed by atoms with Crippen molar-refractivity contribution < 1.29 is 17.9 Å². The molecule has 0 unspecified atom stereocenters. The molecule has 0 aromatic heterocycles. The van der Waals surface area contributed by atoms with Crippen LogP contribution in [0.3, 0.4) is 0 Å². The highest BCUT2D eigenvalue weighted by Gasteiger charge is 2.25. The number of carbonyl (C=O) groups is 1. The van der Waals surface area contributed by atoms with Gasteiger partial charge in [0.15, 0.2) is 0 Å². The smallest absolute Gasteiger partial charge is 0.316 e. The van der Waals surface area contributed by atoms with Crippen LogP contribution in [-0.2, 0) is 19.6 Å². The third kappa shape index (κ3) is 4.47. The summed E-state index contributed by atoms with van der Waals surface area (Å²) < 4.78 is 31.4. The van der Waals surface area contributed by atoms with Crippen LogP contribution in [0.5, 0.6) is 0 Å². The van der Waals surface area contributed by atoms with Crippen LogP contribution in [0, 0.1) is 0 Å². The number of esters is 1. The van der Waals surface area contributed by atoms with Crippen molar-refractivity contribution in [3.63, 3.8) is 0 Å². The Hall–Kier alpha value is -1.05. The summed E-state index contributed by atoms with van der Waals surface area (Å²) in [5.74, 6) is -0.0380. The average molecular weight is 343 g/mol. The molecular formula is C15H21NO4S2. The topological polar surface area (TPSA) is 63.7 Å². The molecule has 1 aromatic rings. The summed E-state index contributed by atoms with van der Waals surface area (Å²) in [6.45, 7) is 3.33. The number of hydrogen-bond acceptors (Lipinski definition) is 5. The predicted octanol–water partition coefficient (Wildman–Crippen LogP) is 2.52.